The van der Waals surface area contributed by atoms with Gasteiger partial charge in [0.05, 0.1) is 13.7 Å². The summed E-state index contributed by atoms with van der Waals surface area (Å²) in [6, 6.07) is 21.7. The molecule has 0 aliphatic rings. The summed E-state index contributed by atoms with van der Waals surface area (Å²) in [4.78, 5) is 24.8. The molecule has 0 fully saturated rings. The molecule has 0 heterocycles. The first-order valence-electron chi connectivity index (χ1n) is 16.2. The predicted octanol–water partition coefficient (Wildman–Crippen LogP) is 10.3. The zero-order valence-electron chi connectivity index (χ0n) is 26.5. The van der Waals surface area contributed by atoms with Crippen molar-refractivity contribution in [3.63, 3.8) is 0 Å². The van der Waals surface area contributed by atoms with Gasteiger partial charge in [-0.15, -0.1) is 0 Å². The summed E-state index contributed by atoms with van der Waals surface area (Å²) in [5.41, 5.74) is 2.20. The van der Waals surface area contributed by atoms with Gasteiger partial charge in [0.2, 0.25) is 0 Å². The highest BCUT2D eigenvalue weighted by Crippen LogP contribution is 2.18. The van der Waals surface area contributed by atoms with Gasteiger partial charge in [0.15, 0.2) is 5.78 Å². The molecule has 0 N–H and O–H groups in total. The van der Waals surface area contributed by atoms with E-state index in [0.717, 1.165) is 29.9 Å². The molecule has 0 saturated heterocycles. The van der Waals surface area contributed by atoms with Crippen LogP contribution in [-0.4, -0.2) is 25.5 Å². The van der Waals surface area contributed by atoms with E-state index in [1.165, 1.54) is 82.8 Å². The second-order valence-corrected chi connectivity index (χ2v) is 11.1. The highest BCUT2D eigenvalue weighted by Gasteiger charge is 2.04. The molecule has 3 rings (SSSR count). The molecule has 0 saturated carbocycles. The van der Waals surface area contributed by atoms with Crippen LogP contribution in [-0.2, 0) is 4.79 Å². The number of unbranched alkanes of at least 4 members (excludes halogenated alkanes) is 11. The number of ether oxygens (including phenoxy) is 3. The maximum absolute atomic E-state index is 12.4. The number of carbonyl (C=O) groups is 2. The number of allylic oxidation sites excluding steroid dienone is 1. The summed E-state index contributed by atoms with van der Waals surface area (Å²) in [5.74, 6) is 1.33. The lowest BCUT2D eigenvalue weighted by Gasteiger charge is -2.07. The Labute approximate surface area is 263 Å². The zero-order chi connectivity index (χ0) is 31.2. The SMILES string of the molecule is CCCCCCCCCCCCCCOc1ccc(/C=C/C(=O)Oc2cccc(/C=C/C(=O)c3ccc(OC)cc3)c2)cc1. The van der Waals surface area contributed by atoms with E-state index >= 15 is 0 Å². The van der Waals surface area contributed by atoms with Crippen molar-refractivity contribution in [3.8, 4) is 17.2 Å². The third-order valence-electron chi connectivity index (χ3n) is 7.44. The van der Waals surface area contributed by atoms with Crippen molar-refractivity contribution in [1.82, 2.24) is 0 Å². The molecule has 0 aliphatic carbocycles. The Bertz CT molecular complexity index is 1310. The van der Waals surface area contributed by atoms with E-state index in [4.69, 9.17) is 14.2 Å². The summed E-state index contributed by atoms with van der Waals surface area (Å²) in [6.07, 6.45) is 22.2. The van der Waals surface area contributed by atoms with Crippen LogP contribution in [0.4, 0.5) is 0 Å². The molecule has 0 aromatic heterocycles. The maximum Gasteiger partial charge on any atom is 0.336 e. The van der Waals surface area contributed by atoms with Crippen LogP contribution in [0.1, 0.15) is 105 Å². The zero-order valence-corrected chi connectivity index (χ0v) is 26.5. The van der Waals surface area contributed by atoms with Gasteiger partial charge in [0, 0.05) is 11.6 Å². The molecule has 0 amide bonds. The number of ketones is 1. The number of benzene rings is 3. The second kappa shape index (κ2) is 20.7. The van der Waals surface area contributed by atoms with Crippen molar-refractivity contribution in [1.29, 1.82) is 0 Å². The van der Waals surface area contributed by atoms with Gasteiger partial charge in [-0.1, -0.05) is 108 Å². The standard InChI is InChI=1S/C39H48O5/c1-3-4-5-6-7-8-9-10-11-12-13-14-30-43-36-24-18-32(19-25-36)21-29-39(41)44-37-17-15-16-33(31-37)20-28-38(40)34-22-26-35(42-2)27-23-34/h15-29,31H,3-14,30H2,1-2H3/b28-20+,29-21+. The summed E-state index contributed by atoms with van der Waals surface area (Å²) in [6.45, 7) is 2.99. The molecule has 3 aromatic rings. The topological polar surface area (TPSA) is 61.8 Å². The van der Waals surface area contributed by atoms with Crippen LogP contribution in [0.5, 0.6) is 17.2 Å². The van der Waals surface area contributed by atoms with Gasteiger partial charge in [-0.3, -0.25) is 4.79 Å². The van der Waals surface area contributed by atoms with Crippen molar-refractivity contribution >= 4 is 23.9 Å². The minimum Gasteiger partial charge on any atom is -0.497 e. The van der Waals surface area contributed by atoms with E-state index in [9.17, 15) is 9.59 Å². The Morgan fingerprint density at radius 1 is 0.614 bits per heavy atom. The van der Waals surface area contributed by atoms with Crippen LogP contribution < -0.4 is 14.2 Å². The van der Waals surface area contributed by atoms with Crippen LogP contribution in [0.15, 0.2) is 84.9 Å². The smallest absolute Gasteiger partial charge is 0.336 e. The molecule has 0 unspecified atom stereocenters. The van der Waals surface area contributed by atoms with Crippen LogP contribution in [0.2, 0.25) is 0 Å². The average molecular weight is 597 g/mol. The van der Waals surface area contributed by atoms with Gasteiger partial charge in [0.25, 0.3) is 0 Å². The van der Waals surface area contributed by atoms with E-state index in [-0.39, 0.29) is 5.78 Å². The van der Waals surface area contributed by atoms with Crippen LogP contribution in [0, 0.1) is 0 Å². The Hall–Kier alpha value is -4.12. The fourth-order valence-electron chi connectivity index (χ4n) is 4.83. The molecular weight excluding hydrogens is 548 g/mol. The number of methoxy groups -OCH3 is 1. The van der Waals surface area contributed by atoms with E-state index in [1.54, 1.807) is 61.7 Å². The Morgan fingerprint density at radius 3 is 1.84 bits per heavy atom. The van der Waals surface area contributed by atoms with Gasteiger partial charge < -0.3 is 14.2 Å². The average Bonchev–Trinajstić information content (AvgIpc) is 3.05. The van der Waals surface area contributed by atoms with Gasteiger partial charge in [-0.2, -0.15) is 0 Å². The van der Waals surface area contributed by atoms with Gasteiger partial charge in [0.1, 0.15) is 17.2 Å². The number of hydrogen-bond donors (Lipinski definition) is 0. The van der Waals surface area contributed by atoms with E-state index in [2.05, 4.69) is 6.92 Å². The van der Waals surface area contributed by atoms with E-state index in [0.29, 0.717) is 17.1 Å². The molecule has 5 nitrogen and oxygen atoms in total. The highest BCUT2D eigenvalue weighted by molar-refractivity contribution is 6.06. The van der Waals surface area contributed by atoms with Gasteiger partial charge >= 0.3 is 5.97 Å². The minimum absolute atomic E-state index is 0.126. The molecule has 0 atom stereocenters. The summed E-state index contributed by atoms with van der Waals surface area (Å²) < 4.78 is 16.5. The third-order valence-corrected chi connectivity index (χ3v) is 7.44. The third kappa shape index (κ3) is 13.9. The Kier molecular flexibility index (Phi) is 16.2. The fourth-order valence-corrected chi connectivity index (χ4v) is 4.83. The molecular formula is C39H48O5. The first-order chi connectivity index (χ1) is 21.6. The van der Waals surface area contributed by atoms with Crippen molar-refractivity contribution in [2.45, 2.75) is 84.0 Å². The quantitative estimate of drug-likeness (QED) is 0.0402. The maximum atomic E-state index is 12.4. The summed E-state index contributed by atoms with van der Waals surface area (Å²) in [5, 5.41) is 0. The predicted molar refractivity (Wildman–Crippen MR) is 180 cm³/mol. The van der Waals surface area contributed by atoms with Crippen LogP contribution in [0.3, 0.4) is 0 Å². The van der Waals surface area contributed by atoms with Gasteiger partial charge in [-0.25, -0.2) is 4.79 Å². The van der Waals surface area contributed by atoms with Crippen molar-refractivity contribution < 1.29 is 23.8 Å². The van der Waals surface area contributed by atoms with E-state index < -0.39 is 5.97 Å². The minimum atomic E-state index is -0.479. The fraction of sp³-hybridized carbons (Fsp3) is 0.385. The highest BCUT2D eigenvalue weighted by atomic mass is 16.5. The lowest BCUT2D eigenvalue weighted by Crippen LogP contribution is -2.03. The lowest BCUT2D eigenvalue weighted by atomic mass is 10.1. The second-order valence-electron chi connectivity index (χ2n) is 11.1. The Morgan fingerprint density at radius 2 is 1.20 bits per heavy atom. The molecule has 0 spiro atoms. The lowest BCUT2D eigenvalue weighted by molar-refractivity contribution is -0.128. The van der Waals surface area contributed by atoms with Crippen molar-refractivity contribution in [2.75, 3.05) is 13.7 Å². The van der Waals surface area contributed by atoms with Crippen molar-refractivity contribution in [3.05, 3.63) is 102 Å². The molecule has 3 aromatic carbocycles. The largest absolute Gasteiger partial charge is 0.497 e. The molecule has 44 heavy (non-hydrogen) atoms. The first kappa shape index (κ1) is 34.4. The molecule has 5 heteroatoms. The van der Waals surface area contributed by atoms with Gasteiger partial charge in [-0.05, 0) is 78.2 Å². The number of hydrogen-bond acceptors (Lipinski definition) is 5. The van der Waals surface area contributed by atoms with E-state index in [1.807, 2.05) is 30.3 Å². The number of esters is 1. The number of rotatable bonds is 21. The Balaban J connectivity index is 1.31. The normalized spacial score (nSPS) is 11.2. The number of carbonyl (C=O) groups excluding carboxylic acids is 2. The summed E-state index contributed by atoms with van der Waals surface area (Å²) in [7, 11) is 1.58. The molecule has 0 radical (unpaired) electrons. The molecule has 0 bridgehead atoms. The van der Waals surface area contributed by atoms with Crippen molar-refractivity contribution in [2.24, 2.45) is 0 Å². The summed E-state index contributed by atoms with van der Waals surface area (Å²) >= 11 is 0. The van der Waals surface area contributed by atoms with Crippen LogP contribution >= 0.6 is 0 Å². The first-order valence-corrected chi connectivity index (χ1v) is 16.2. The molecule has 0 aliphatic heterocycles. The monoisotopic (exact) mass is 596 g/mol. The molecule has 234 valence electrons. The van der Waals surface area contributed by atoms with Crippen LogP contribution in [0.25, 0.3) is 12.2 Å².